The molecule has 0 radical (unpaired) electrons. The summed E-state index contributed by atoms with van der Waals surface area (Å²) >= 11 is 0. The predicted octanol–water partition coefficient (Wildman–Crippen LogP) is 3.97. The van der Waals surface area contributed by atoms with Gasteiger partial charge in [-0.15, -0.1) is 0 Å². The number of nitrogens with one attached hydrogen (secondary N) is 2. The number of pyridine rings is 1. The minimum Gasteiger partial charge on any atom is -0.439 e. The molecule has 33 heavy (non-hydrogen) atoms. The Morgan fingerprint density at radius 3 is 2.30 bits per heavy atom. The quantitative estimate of drug-likeness (QED) is 0.402. The van der Waals surface area contributed by atoms with Crippen LogP contribution < -0.4 is 15.4 Å². The van der Waals surface area contributed by atoms with Crippen molar-refractivity contribution in [3.8, 4) is 11.6 Å². The van der Waals surface area contributed by atoms with E-state index in [1.54, 1.807) is 43.4 Å². The highest BCUT2D eigenvalue weighted by molar-refractivity contribution is 5.93. The van der Waals surface area contributed by atoms with E-state index in [0.29, 0.717) is 36.2 Å². The van der Waals surface area contributed by atoms with Gasteiger partial charge in [0.2, 0.25) is 5.88 Å². The van der Waals surface area contributed by atoms with Crippen LogP contribution >= 0.6 is 0 Å². The van der Waals surface area contributed by atoms with Gasteiger partial charge in [0.15, 0.2) is 5.96 Å². The topological polar surface area (TPSA) is 78.9 Å². The summed E-state index contributed by atoms with van der Waals surface area (Å²) in [4.78, 5) is 22.5. The van der Waals surface area contributed by atoms with E-state index in [9.17, 15) is 9.18 Å². The maximum Gasteiger partial charge on any atom is 0.253 e. The Labute approximate surface area is 193 Å². The summed E-state index contributed by atoms with van der Waals surface area (Å²) in [6.45, 7) is 3.74. The Kier molecular flexibility index (Phi) is 8.35. The zero-order chi connectivity index (χ0) is 23.6. The number of aromatic nitrogens is 1. The van der Waals surface area contributed by atoms with Crippen LogP contribution in [0, 0.1) is 5.82 Å². The van der Waals surface area contributed by atoms with Gasteiger partial charge in [0.1, 0.15) is 11.6 Å². The van der Waals surface area contributed by atoms with Crippen molar-refractivity contribution in [2.75, 3.05) is 20.6 Å². The number of aliphatic imine (C=N–C) groups is 1. The van der Waals surface area contributed by atoms with Gasteiger partial charge in [-0.3, -0.25) is 4.79 Å². The maximum absolute atomic E-state index is 13.0. The lowest BCUT2D eigenvalue weighted by molar-refractivity contribution is 0.0827. The van der Waals surface area contributed by atoms with E-state index in [2.05, 4.69) is 20.6 Å². The molecule has 0 atom stereocenters. The number of benzene rings is 2. The SMILES string of the molecule is CCNC(=NCc1ccc(Oc2ccc(F)cc2)nc1)NCc1ccc(C(=O)N(C)C)cc1. The molecule has 2 aromatic carbocycles. The molecule has 3 rings (SSSR count). The van der Waals surface area contributed by atoms with E-state index in [0.717, 1.165) is 17.7 Å². The number of amides is 1. The molecule has 8 heteroatoms. The minimum atomic E-state index is -0.315. The van der Waals surface area contributed by atoms with Crippen molar-refractivity contribution in [3.63, 3.8) is 0 Å². The normalized spacial score (nSPS) is 11.1. The molecule has 1 aromatic heterocycles. The molecule has 0 unspecified atom stereocenters. The number of nitrogens with zero attached hydrogens (tertiary/aromatic N) is 3. The van der Waals surface area contributed by atoms with Crippen LogP contribution in [-0.2, 0) is 13.1 Å². The lowest BCUT2D eigenvalue weighted by Gasteiger charge is -2.13. The molecule has 1 amide bonds. The third-order valence-electron chi connectivity index (χ3n) is 4.66. The predicted molar refractivity (Wildman–Crippen MR) is 127 cm³/mol. The van der Waals surface area contributed by atoms with Gasteiger partial charge in [-0.25, -0.2) is 14.4 Å². The van der Waals surface area contributed by atoms with Gasteiger partial charge in [0, 0.05) is 45.0 Å². The number of rotatable bonds is 8. The first-order valence-corrected chi connectivity index (χ1v) is 10.7. The molecule has 0 bridgehead atoms. The molecule has 0 fully saturated rings. The molecular weight excluding hydrogens is 421 g/mol. The fraction of sp³-hybridized carbons (Fsp3) is 0.240. The van der Waals surface area contributed by atoms with Crippen molar-refractivity contribution in [2.24, 2.45) is 4.99 Å². The maximum atomic E-state index is 13.0. The van der Waals surface area contributed by atoms with Crippen LogP contribution in [0.2, 0.25) is 0 Å². The van der Waals surface area contributed by atoms with Gasteiger partial charge in [-0.1, -0.05) is 18.2 Å². The number of ether oxygens (including phenoxy) is 1. The third kappa shape index (κ3) is 7.31. The minimum absolute atomic E-state index is 0.0212. The van der Waals surface area contributed by atoms with Crippen molar-refractivity contribution in [2.45, 2.75) is 20.0 Å². The zero-order valence-electron chi connectivity index (χ0n) is 19.0. The summed E-state index contributed by atoms with van der Waals surface area (Å²) in [6, 6.07) is 16.9. The molecule has 0 saturated carbocycles. The summed E-state index contributed by atoms with van der Waals surface area (Å²) < 4.78 is 18.6. The van der Waals surface area contributed by atoms with Crippen LogP contribution in [0.1, 0.15) is 28.4 Å². The number of hydrogen-bond acceptors (Lipinski definition) is 4. The molecule has 0 aliphatic rings. The van der Waals surface area contributed by atoms with E-state index in [4.69, 9.17) is 4.74 Å². The van der Waals surface area contributed by atoms with Crippen LogP contribution in [0.25, 0.3) is 0 Å². The number of carbonyl (C=O) groups is 1. The monoisotopic (exact) mass is 449 g/mol. The molecule has 172 valence electrons. The zero-order valence-corrected chi connectivity index (χ0v) is 19.0. The summed E-state index contributed by atoms with van der Waals surface area (Å²) in [7, 11) is 3.47. The van der Waals surface area contributed by atoms with Crippen LogP contribution in [-0.4, -0.2) is 42.4 Å². The van der Waals surface area contributed by atoms with Crippen molar-refractivity contribution in [1.29, 1.82) is 0 Å². The van der Waals surface area contributed by atoms with Crippen molar-refractivity contribution < 1.29 is 13.9 Å². The summed E-state index contributed by atoms with van der Waals surface area (Å²) in [5, 5.41) is 6.51. The second-order valence-corrected chi connectivity index (χ2v) is 7.51. The molecule has 3 aromatic rings. The molecule has 7 nitrogen and oxygen atoms in total. The molecular formula is C25H28FN5O2. The molecule has 0 saturated heterocycles. The molecule has 1 heterocycles. The fourth-order valence-electron chi connectivity index (χ4n) is 2.91. The van der Waals surface area contributed by atoms with Crippen molar-refractivity contribution >= 4 is 11.9 Å². The van der Waals surface area contributed by atoms with Gasteiger partial charge >= 0.3 is 0 Å². The molecule has 2 N–H and O–H groups in total. The third-order valence-corrected chi connectivity index (χ3v) is 4.66. The van der Waals surface area contributed by atoms with Gasteiger partial charge in [-0.05, 0) is 54.4 Å². The Morgan fingerprint density at radius 2 is 1.70 bits per heavy atom. The Balaban J connectivity index is 1.55. The Morgan fingerprint density at radius 1 is 1.00 bits per heavy atom. The van der Waals surface area contributed by atoms with E-state index >= 15 is 0 Å². The first kappa shape index (κ1) is 23.7. The number of hydrogen-bond donors (Lipinski definition) is 2. The Bertz CT molecular complexity index is 1070. The van der Waals surface area contributed by atoms with Crippen molar-refractivity contribution in [1.82, 2.24) is 20.5 Å². The second kappa shape index (κ2) is 11.6. The lowest BCUT2D eigenvalue weighted by Crippen LogP contribution is -2.36. The van der Waals surface area contributed by atoms with Crippen LogP contribution in [0.15, 0.2) is 71.9 Å². The molecule has 0 aliphatic carbocycles. The van der Waals surface area contributed by atoms with Gasteiger partial charge in [0.25, 0.3) is 5.91 Å². The van der Waals surface area contributed by atoms with Gasteiger partial charge < -0.3 is 20.3 Å². The smallest absolute Gasteiger partial charge is 0.253 e. The second-order valence-electron chi connectivity index (χ2n) is 7.51. The van der Waals surface area contributed by atoms with Gasteiger partial charge in [0.05, 0.1) is 6.54 Å². The lowest BCUT2D eigenvalue weighted by atomic mass is 10.1. The van der Waals surface area contributed by atoms with Crippen LogP contribution in [0.5, 0.6) is 11.6 Å². The van der Waals surface area contributed by atoms with E-state index < -0.39 is 0 Å². The van der Waals surface area contributed by atoms with Crippen LogP contribution in [0.4, 0.5) is 4.39 Å². The highest BCUT2D eigenvalue weighted by Gasteiger charge is 2.07. The average Bonchev–Trinajstić information content (AvgIpc) is 2.83. The van der Waals surface area contributed by atoms with E-state index in [-0.39, 0.29) is 11.7 Å². The number of carbonyl (C=O) groups excluding carboxylic acids is 1. The van der Waals surface area contributed by atoms with Crippen molar-refractivity contribution in [3.05, 3.63) is 89.4 Å². The molecule has 0 spiro atoms. The standard InChI is InChI=1S/C25H28FN5O2/c1-4-27-25(29-15-18-5-8-20(9-6-18)24(32)31(2)3)30-17-19-7-14-23(28-16-19)33-22-12-10-21(26)11-13-22/h5-14,16H,4,15,17H2,1-3H3,(H2,27,29,30). The summed E-state index contributed by atoms with van der Waals surface area (Å²) in [5.41, 5.74) is 2.62. The Hall–Kier alpha value is -3.94. The van der Waals surface area contributed by atoms with E-state index in [1.807, 2.05) is 37.3 Å². The van der Waals surface area contributed by atoms with Gasteiger partial charge in [-0.2, -0.15) is 0 Å². The van der Waals surface area contributed by atoms with Crippen LogP contribution in [0.3, 0.4) is 0 Å². The average molecular weight is 450 g/mol. The largest absolute Gasteiger partial charge is 0.439 e. The summed E-state index contributed by atoms with van der Waals surface area (Å²) in [6.07, 6.45) is 1.70. The fourth-order valence-corrected chi connectivity index (χ4v) is 2.91. The first-order chi connectivity index (χ1) is 15.9. The highest BCUT2D eigenvalue weighted by Crippen LogP contribution is 2.19. The highest BCUT2D eigenvalue weighted by atomic mass is 19.1. The van der Waals surface area contributed by atoms with E-state index in [1.165, 1.54) is 12.1 Å². The molecule has 0 aliphatic heterocycles. The number of halogens is 1. The first-order valence-electron chi connectivity index (χ1n) is 10.7. The summed E-state index contributed by atoms with van der Waals surface area (Å²) in [5.74, 6) is 1.29. The number of guanidine groups is 1.